The third kappa shape index (κ3) is 2.45. The number of nitrogens with two attached hydrogens (primary N) is 1. The molecule has 1 aromatic heterocycles. The first-order chi connectivity index (χ1) is 7.25. The highest BCUT2D eigenvalue weighted by Crippen LogP contribution is 2.11. The highest BCUT2D eigenvalue weighted by molar-refractivity contribution is 5.79. The molecule has 1 saturated heterocycles. The Hall–Kier alpha value is -1.59. The van der Waals surface area contributed by atoms with Crippen LogP contribution in [0.2, 0.25) is 0 Å². The Kier molecular flexibility index (Phi) is 2.84. The summed E-state index contributed by atoms with van der Waals surface area (Å²) in [7, 11) is 0. The van der Waals surface area contributed by atoms with E-state index in [4.69, 9.17) is 10.3 Å². The van der Waals surface area contributed by atoms with E-state index in [2.05, 4.69) is 15.1 Å². The van der Waals surface area contributed by atoms with Gasteiger partial charge >= 0.3 is 6.01 Å². The van der Waals surface area contributed by atoms with Crippen molar-refractivity contribution in [2.24, 2.45) is 10.7 Å². The van der Waals surface area contributed by atoms with Gasteiger partial charge < -0.3 is 15.2 Å². The van der Waals surface area contributed by atoms with Crippen LogP contribution in [0.15, 0.2) is 9.52 Å². The van der Waals surface area contributed by atoms with Crippen LogP contribution in [0.25, 0.3) is 0 Å². The average molecular weight is 209 g/mol. The van der Waals surface area contributed by atoms with Crippen LogP contribution in [0.4, 0.5) is 6.01 Å². The fraction of sp³-hybridized carbons (Fsp3) is 0.667. The van der Waals surface area contributed by atoms with Crippen LogP contribution in [0.1, 0.15) is 25.1 Å². The zero-order chi connectivity index (χ0) is 10.7. The van der Waals surface area contributed by atoms with Crippen molar-refractivity contribution < 1.29 is 4.52 Å². The number of hydrogen-bond acceptors (Lipinski definition) is 4. The molecule has 1 aromatic rings. The lowest BCUT2D eigenvalue weighted by Gasteiger charge is -2.26. The summed E-state index contributed by atoms with van der Waals surface area (Å²) < 4.78 is 4.87. The van der Waals surface area contributed by atoms with Crippen molar-refractivity contribution in [2.45, 2.75) is 26.2 Å². The molecular weight excluding hydrogens is 194 g/mol. The molecule has 6 nitrogen and oxygen atoms in total. The van der Waals surface area contributed by atoms with Crippen molar-refractivity contribution in [3.63, 3.8) is 0 Å². The number of guanidine groups is 1. The second-order valence-electron chi connectivity index (χ2n) is 3.64. The van der Waals surface area contributed by atoms with E-state index in [1.54, 1.807) is 6.92 Å². The van der Waals surface area contributed by atoms with Gasteiger partial charge in [-0.1, -0.05) is 5.16 Å². The molecule has 0 aliphatic carbocycles. The first-order valence-corrected chi connectivity index (χ1v) is 5.15. The molecule has 2 rings (SSSR count). The van der Waals surface area contributed by atoms with Crippen LogP contribution in [0.3, 0.4) is 0 Å². The normalized spacial score (nSPS) is 18.2. The Labute approximate surface area is 88.2 Å². The van der Waals surface area contributed by atoms with Crippen molar-refractivity contribution >= 4 is 12.0 Å². The summed E-state index contributed by atoms with van der Waals surface area (Å²) >= 11 is 0. The SMILES string of the molecule is Cc1noc(/N=C(\N)N2CCCCC2)n1. The van der Waals surface area contributed by atoms with E-state index < -0.39 is 0 Å². The van der Waals surface area contributed by atoms with Gasteiger partial charge in [0.2, 0.25) is 5.96 Å². The van der Waals surface area contributed by atoms with Gasteiger partial charge in [0.05, 0.1) is 0 Å². The number of aromatic nitrogens is 2. The van der Waals surface area contributed by atoms with Crippen LogP contribution >= 0.6 is 0 Å². The standard InChI is InChI=1S/C9H15N5O/c1-7-11-9(15-13-7)12-8(10)14-5-3-2-4-6-14/h2-6H2,1H3,(H2,10,11,12,13). The Bertz CT molecular complexity index is 353. The quantitative estimate of drug-likeness (QED) is 0.546. The molecule has 6 heteroatoms. The van der Waals surface area contributed by atoms with Crippen molar-refractivity contribution in [1.82, 2.24) is 15.0 Å². The van der Waals surface area contributed by atoms with Gasteiger partial charge in [0.25, 0.3) is 0 Å². The van der Waals surface area contributed by atoms with E-state index in [1.807, 2.05) is 4.90 Å². The summed E-state index contributed by atoms with van der Waals surface area (Å²) in [4.78, 5) is 10.1. The highest BCUT2D eigenvalue weighted by atomic mass is 16.5. The molecule has 1 aliphatic heterocycles. The zero-order valence-electron chi connectivity index (χ0n) is 8.81. The lowest BCUT2D eigenvalue weighted by molar-refractivity contribution is 0.337. The van der Waals surface area contributed by atoms with Gasteiger partial charge in [-0.15, -0.1) is 0 Å². The third-order valence-electron chi connectivity index (χ3n) is 2.41. The van der Waals surface area contributed by atoms with Crippen molar-refractivity contribution in [3.05, 3.63) is 5.82 Å². The summed E-state index contributed by atoms with van der Waals surface area (Å²) in [6.45, 7) is 3.67. The topological polar surface area (TPSA) is 80.5 Å². The Morgan fingerprint density at radius 3 is 2.73 bits per heavy atom. The number of likely N-dealkylation sites (tertiary alicyclic amines) is 1. The highest BCUT2D eigenvalue weighted by Gasteiger charge is 2.13. The summed E-state index contributed by atoms with van der Waals surface area (Å²) in [6, 6.07) is 0.232. The number of piperidine rings is 1. The maximum atomic E-state index is 5.84. The maximum Gasteiger partial charge on any atom is 0.350 e. The molecule has 0 spiro atoms. The monoisotopic (exact) mass is 209 g/mol. The van der Waals surface area contributed by atoms with Gasteiger partial charge in [-0.25, -0.2) is 0 Å². The molecule has 0 radical (unpaired) electrons. The Morgan fingerprint density at radius 1 is 1.40 bits per heavy atom. The summed E-state index contributed by atoms with van der Waals surface area (Å²) in [5.41, 5.74) is 5.84. The largest absolute Gasteiger partial charge is 0.369 e. The van der Waals surface area contributed by atoms with Crippen LogP contribution in [0.5, 0.6) is 0 Å². The van der Waals surface area contributed by atoms with E-state index >= 15 is 0 Å². The maximum absolute atomic E-state index is 5.84. The van der Waals surface area contributed by atoms with Crippen molar-refractivity contribution in [2.75, 3.05) is 13.1 Å². The lowest BCUT2D eigenvalue weighted by Crippen LogP contribution is -2.40. The molecule has 2 heterocycles. The number of nitrogens with zero attached hydrogens (tertiary/aromatic N) is 4. The Balaban J connectivity index is 2.05. The predicted octanol–water partition coefficient (Wildman–Crippen LogP) is 0.810. The molecule has 0 unspecified atom stereocenters. The van der Waals surface area contributed by atoms with E-state index in [1.165, 1.54) is 19.3 Å². The van der Waals surface area contributed by atoms with Crippen LogP contribution in [-0.2, 0) is 0 Å². The van der Waals surface area contributed by atoms with Gasteiger partial charge in [0, 0.05) is 13.1 Å². The molecule has 0 amide bonds. The first kappa shape index (κ1) is 9.95. The van der Waals surface area contributed by atoms with Crippen molar-refractivity contribution in [3.8, 4) is 0 Å². The fourth-order valence-corrected chi connectivity index (χ4v) is 1.62. The van der Waals surface area contributed by atoms with Crippen LogP contribution in [-0.4, -0.2) is 34.1 Å². The third-order valence-corrected chi connectivity index (χ3v) is 2.41. The van der Waals surface area contributed by atoms with E-state index in [0.29, 0.717) is 11.8 Å². The van der Waals surface area contributed by atoms with Gasteiger partial charge in [0.1, 0.15) is 0 Å². The minimum Gasteiger partial charge on any atom is -0.369 e. The zero-order valence-corrected chi connectivity index (χ0v) is 8.81. The number of aliphatic imine (C=N–C) groups is 1. The number of rotatable bonds is 1. The number of aryl methyl sites for hydroxylation is 1. The molecule has 1 fully saturated rings. The average Bonchev–Trinajstić information content (AvgIpc) is 2.65. The first-order valence-electron chi connectivity index (χ1n) is 5.15. The molecular formula is C9H15N5O. The minimum absolute atomic E-state index is 0.232. The second kappa shape index (κ2) is 4.29. The molecule has 82 valence electrons. The summed E-state index contributed by atoms with van der Waals surface area (Å²) in [5.74, 6) is 1.04. The molecule has 0 bridgehead atoms. The molecule has 1 aliphatic rings. The van der Waals surface area contributed by atoms with Gasteiger partial charge in [-0.2, -0.15) is 9.98 Å². The number of hydrogen-bond donors (Lipinski definition) is 1. The molecule has 15 heavy (non-hydrogen) atoms. The van der Waals surface area contributed by atoms with E-state index in [0.717, 1.165) is 13.1 Å². The summed E-state index contributed by atoms with van der Waals surface area (Å²) in [5, 5.41) is 3.65. The van der Waals surface area contributed by atoms with Crippen LogP contribution in [0, 0.1) is 6.92 Å². The Morgan fingerprint density at radius 2 is 2.13 bits per heavy atom. The van der Waals surface area contributed by atoms with Gasteiger partial charge in [-0.3, -0.25) is 0 Å². The summed E-state index contributed by atoms with van der Waals surface area (Å²) in [6.07, 6.45) is 3.60. The minimum atomic E-state index is 0.232. The second-order valence-corrected chi connectivity index (χ2v) is 3.64. The fourth-order valence-electron chi connectivity index (χ4n) is 1.62. The molecule has 0 atom stereocenters. The molecule has 0 saturated carbocycles. The smallest absolute Gasteiger partial charge is 0.350 e. The van der Waals surface area contributed by atoms with Crippen LogP contribution < -0.4 is 5.73 Å². The molecule has 0 aromatic carbocycles. The van der Waals surface area contributed by atoms with Gasteiger partial charge in [0.15, 0.2) is 5.82 Å². The van der Waals surface area contributed by atoms with Crippen molar-refractivity contribution in [1.29, 1.82) is 0 Å². The van der Waals surface area contributed by atoms with Gasteiger partial charge in [-0.05, 0) is 26.2 Å². The predicted molar refractivity (Wildman–Crippen MR) is 55.7 cm³/mol. The van der Waals surface area contributed by atoms with E-state index in [9.17, 15) is 0 Å². The van der Waals surface area contributed by atoms with E-state index in [-0.39, 0.29) is 6.01 Å². The molecule has 2 N–H and O–H groups in total. The lowest BCUT2D eigenvalue weighted by atomic mass is 10.1.